The van der Waals surface area contributed by atoms with Crippen molar-refractivity contribution in [2.24, 2.45) is 5.92 Å². The smallest absolute Gasteiger partial charge is 0.272 e. The van der Waals surface area contributed by atoms with Crippen LogP contribution in [0.25, 0.3) is 0 Å². The topological polar surface area (TPSA) is 90.1 Å². The van der Waals surface area contributed by atoms with Gasteiger partial charge in [0.15, 0.2) is 5.69 Å². The van der Waals surface area contributed by atoms with Gasteiger partial charge in [-0.3, -0.25) is 4.79 Å². The number of carbonyl (C=O) groups is 1. The average molecular weight is 294 g/mol. The fourth-order valence-electron chi connectivity index (χ4n) is 1.64. The summed E-state index contributed by atoms with van der Waals surface area (Å²) in [5.74, 6) is 1.03. The van der Waals surface area contributed by atoms with Crippen LogP contribution in [0.2, 0.25) is 0 Å². The zero-order chi connectivity index (χ0) is 15.8. The number of nitrogens with zero attached hydrogens (tertiary/aromatic N) is 2. The summed E-state index contributed by atoms with van der Waals surface area (Å²) in [6.45, 7) is 10.1. The molecule has 0 aliphatic rings. The van der Waals surface area contributed by atoms with Crippen LogP contribution in [-0.4, -0.2) is 35.6 Å². The Hall–Kier alpha value is -1.69. The van der Waals surface area contributed by atoms with Crippen molar-refractivity contribution in [2.45, 2.75) is 40.0 Å². The Bertz CT molecular complexity index is 461. The van der Waals surface area contributed by atoms with Crippen LogP contribution in [0.4, 0.5) is 5.69 Å². The Balaban J connectivity index is 2.43. The van der Waals surface area contributed by atoms with Gasteiger partial charge < -0.3 is 15.8 Å². The molecule has 0 unspecified atom stereocenters. The SMILES string of the molecule is CC(C)COCCCNC(=O)c1nc(C(C)C)ncc1N. The van der Waals surface area contributed by atoms with Crippen molar-refractivity contribution < 1.29 is 9.53 Å². The summed E-state index contributed by atoms with van der Waals surface area (Å²) < 4.78 is 5.46. The average Bonchev–Trinajstić information content (AvgIpc) is 2.42. The van der Waals surface area contributed by atoms with Gasteiger partial charge >= 0.3 is 0 Å². The van der Waals surface area contributed by atoms with Crippen LogP contribution in [0.3, 0.4) is 0 Å². The van der Waals surface area contributed by atoms with Gasteiger partial charge in [0, 0.05) is 25.7 Å². The molecule has 6 nitrogen and oxygen atoms in total. The van der Waals surface area contributed by atoms with E-state index in [1.54, 1.807) is 0 Å². The van der Waals surface area contributed by atoms with Crippen LogP contribution >= 0.6 is 0 Å². The Labute approximate surface area is 126 Å². The molecule has 0 saturated carbocycles. The summed E-state index contributed by atoms with van der Waals surface area (Å²) in [5, 5.41) is 2.80. The van der Waals surface area contributed by atoms with Gasteiger partial charge in [-0.05, 0) is 12.3 Å². The Kier molecular flexibility index (Phi) is 7.08. The van der Waals surface area contributed by atoms with Gasteiger partial charge in [-0.25, -0.2) is 9.97 Å². The van der Waals surface area contributed by atoms with Crippen LogP contribution in [0.5, 0.6) is 0 Å². The molecule has 6 heteroatoms. The fourth-order valence-corrected chi connectivity index (χ4v) is 1.64. The quantitative estimate of drug-likeness (QED) is 0.715. The number of aromatic nitrogens is 2. The molecule has 0 atom stereocenters. The molecule has 0 radical (unpaired) electrons. The second-order valence-corrected chi connectivity index (χ2v) is 5.77. The fraction of sp³-hybridized carbons (Fsp3) is 0.667. The molecule has 0 aromatic carbocycles. The minimum Gasteiger partial charge on any atom is -0.396 e. The van der Waals surface area contributed by atoms with Crippen molar-refractivity contribution in [1.29, 1.82) is 0 Å². The van der Waals surface area contributed by atoms with Crippen molar-refractivity contribution in [3.63, 3.8) is 0 Å². The predicted molar refractivity (Wildman–Crippen MR) is 83.1 cm³/mol. The van der Waals surface area contributed by atoms with Gasteiger partial charge in [0.1, 0.15) is 5.82 Å². The van der Waals surface area contributed by atoms with Gasteiger partial charge in [-0.15, -0.1) is 0 Å². The van der Waals surface area contributed by atoms with Crippen LogP contribution in [0, 0.1) is 5.92 Å². The van der Waals surface area contributed by atoms with E-state index < -0.39 is 0 Å². The highest BCUT2D eigenvalue weighted by atomic mass is 16.5. The molecule has 21 heavy (non-hydrogen) atoms. The van der Waals surface area contributed by atoms with E-state index in [1.165, 1.54) is 6.20 Å². The third kappa shape index (κ3) is 6.08. The zero-order valence-corrected chi connectivity index (χ0v) is 13.3. The van der Waals surface area contributed by atoms with E-state index in [1.807, 2.05) is 13.8 Å². The van der Waals surface area contributed by atoms with Crippen molar-refractivity contribution in [1.82, 2.24) is 15.3 Å². The molecular weight excluding hydrogens is 268 g/mol. The first-order valence-electron chi connectivity index (χ1n) is 7.40. The molecule has 1 aromatic heterocycles. The first-order valence-corrected chi connectivity index (χ1v) is 7.40. The lowest BCUT2D eigenvalue weighted by atomic mass is 10.2. The Morgan fingerprint density at radius 2 is 2.10 bits per heavy atom. The van der Waals surface area contributed by atoms with E-state index in [0.717, 1.165) is 13.0 Å². The second-order valence-electron chi connectivity index (χ2n) is 5.77. The molecule has 1 aromatic rings. The van der Waals surface area contributed by atoms with Gasteiger partial charge in [0.05, 0.1) is 11.9 Å². The van der Waals surface area contributed by atoms with E-state index in [2.05, 4.69) is 29.1 Å². The van der Waals surface area contributed by atoms with E-state index in [0.29, 0.717) is 30.6 Å². The minimum atomic E-state index is -0.263. The number of hydrogen-bond donors (Lipinski definition) is 2. The van der Waals surface area contributed by atoms with Gasteiger partial charge in [0.2, 0.25) is 0 Å². The van der Waals surface area contributed by atoms with Crippen LogP contribution in [0.15, 0.2) is 6.20 Å². The summed E-state index contributed by atoms with van der Waals surface area (Å²) >= 11 is 0. The lowest BCUT2D eigenvalue weighted by molar-refractivity contribution is 0.0921. The number of amides is 1. The number of carbonyl (C=O) groups excluding carboxylic acids is 1. The Morgan fingerprint density at radius 1 is 1.38 bits per heavy atom. The number of ether oxygens (including phenoxy) is 1. The lowest BCUT2D eigenvalue weighted by Crippen LogP contribution is -2.27. The molecule has 0 saturated heterocycles. The molecular formula is C15H26N4O2. The summed E-state index contributed by atoms with van der Waals surface area (Å²) in [5.41, 5.74) is 6.31. The van der Waals surface area contributed by atoms with Gasteiger partial charge in [-0.1, -0.05) is 27.7 Å². The Morgan fingerprint density at radius 3 is 2.71 bits per heavy atom. The number of hydrogen-bond acceptors (Lipinski definition) is 5. The standard InChI is InChI=1S/C15H26N4O2/c1-10(2)9-21-7-5-6-17-15(20)13-12(16)8-18-14(19-13)11(3)4/h8,10-11H,5-7,9,16H2,1-4H3,(H,17,20). The highest BCUT2D eigenvalue weighted by Crippen LogP contribution is 2.13. The first kappa shape index (κ1) is 17.4. The maximum absolute atomic E-state index is 12.1. The van der Waals surface area contributed by atoms with Gasteiger partial charge in [0.25, 0.3) is 5.91 Å². The maximum atomic E-state index is 12.1. The summed E-state index contributed by atoms with van der Waals surface area (Å²) in [6, 6.07) is 0. The van der Waals surface area contributed by atoms with Crippen molar-refractivity contribution in [2.75, 3.05) is 25.5 Å². The van der Waals surface area contributed by atoms with Crippen LogP contribution in [0.1, 0.15) is 56.3 Å². The molecule has 1 rings (SSSR count). The molecule has 1 heterocycles. The highest BCUT2D eigenvalue weighted by Gasteiger charge is 2.14. The lowest BCUT2D eigenvalue weighted by Gasteiger charge is -2.10. The van der Waals surface area contributed by atoms with Crippen molar-refractivity contribution in [3.8, 4) is 0 Å². The minimum absolute atomic E-state index is 0.154. The molecule has 0 bridgehead atoms. The summed E-state index contributed by atoms with van der Waals surface area (Å²) in [7, 11) is 0. The van der Waals surface area contributed by atoms with Crippen LogP contribution < -0.4 is 11.1 Å². The number of rotatable bonds is 8. The molecule has 0 spiro atoms. The largest absolute Gasteiger partial charge is 0.396 e. The number of nitrogens with one attached hydrogen (secondary N) is 1. The normalized spacial score (nSPS) is 11.1. The van der Waals surface area contributed by atoms with Crippen LogP contribution in [-0.2, 0) is 4.74 Å². The van der Waals surface area contributed by atoms with E-state index in [9.17, 15) is 4.79 Å². The monoisotopic (exact) mass is 294 g/mol. The molecule has 0 aliphatic carbocycles. The molecule has 3 N–H and O–H groups in total. The summed E-state index contributed by atoms with van der Waals surface area (Å²) in [4.78, 5) is 20.4. The third-order valence-electron chi connectivity index (χ3n) is 2.77. The maximum Gasteiger partial charge on any atom is 0.272 e. The van der Waals surface area contributed by atoms with E-state index in [-0.39, 0.29) is 17.5 Å². The van der Waals surface area contributed by atoms with Gasteiger partial charge in [-0.2, -0.15) is 0 Å². The molecule has 118 valence electrons. The molecule has 1 amide bonds. The van der Waals surface area contributed by atoms with Crippen molar-refractivity contribution >= 4 is 11.6 Å². The highest BCUT2D eigenvalue weighted by molar-refractivity contribution is 5.96. The van der Waals surface area contributed by atoms with Crippen molar-refractivity contribution in [3.05, 3.63) is 17.7 Å². The number of anilines is 1. The summed E-state index contributed by atoms with van der Waals surface area (Å²) in [6.07, 6.45) is 2.25. The van der Waals surface area contributed by atoms with E-state index >= 15 is 0 Å². The molecule has 0 fully saturated rings. The predicted octanol–water partition coefficient (Wildman–Crippen LogP) is 1.97. The third-order valence-corrected chi connectivity index (χ3v) is 2.77. The second kappa shape index (κ2) is 8.56. The number of nitrogens with two attached hydrogens (primary N) is 1. The number of nitrogen functional groups attached to an aromatic ring is 1. The van der Waals surface area contributed by atoms with E-state index in [4.69, 9.17) is 10.5 Å². The molecule has 0 aliphatic heterocycles. The zero-order valence-electron chi connectivity index (χ0n) is 13.3. The first-order chi connectivity index (χ1) is 9.91.